The number of aromatic nitrogens is 1. The Morgan fingerprint density at radius 3 is 2.59 bits per heavy atom. The normalized spacial score (nSPS) is 18.1. The van der Waals surface area contributed by atoms with Crippen LogP contribution in [-0.4, -0.2) is 46.9 Å². The van der Waals surface area contributed by atoms with Gasteiger partial charge >= 0.3 is 0 Å². The number of piperazine rings is 1. The summed E-state index contributed by atoms with van der Waals surface area (Å²) >= 11 is 1.78. The summed E-state index contributed by atoms with van der Waals surface area (Å²) in [7, 11) is 0. The molecule has 2 heterocycles. The number of amides is 1. The Morgan fingerprint density at radius 1 is 1.04 bits per heavy atom. The van der Waals surface area contributed by atoms with Crippen LogP contribution in [0, 0.1) is 0 Å². The van der Waals surface area contributed by atoms with Gasteiger partial charge in [-0.15, -0.1) is 11.3 Å². The van der Waals surface area contributed by atoms with Crippen LogP contribution in [0.15, 0.2) is 47.8 Å². The van der Waals surface area contributed by atoms with Gasteiger partial charge in [-0.1, -0.05) is 30.3 Å². The molecule has 5 rings (SSSR count). The summed E-state index contributed by atoms with van der Waals surface area (Å²) < 4.78 is 0. The van der Waals surface area contributed by atoms with Gasteiger partial charge in [0.15, 0.2) is 0 Å². The quantitative estimate of drug-likeness (QED) is 0.686. The summed E-state index contributed by atoms with van der Waals surface area (Å²) in [5.74, 6) is 0.872. The number of carbonyl (C=O) groups is 1. The Hall–Kier alpha value is -2.24. The van der Waals surface area contributed by atoms with E-state index in [0.717, 1.165) is 49.6 Å². The van der Waals surface area contributed by atoms with E-state index in [2.05, 4.69) is 22.4 Å². The van der Waals surface area contributed by atoms with Gasteiger partial charge in [0.05, 0.1) is 12.2 Å². The maximum Gasteiger partial charge on any atom is 0.253 e. The third-order valence-corrected chi connectivity index (χ3v) is 6.43. The molecular weight excluding hydrogens is 354 g/mol. The molecule has 1 saturated heterocycles. The van der Waals surface area contributed by atoms with Crippen LogP contribution in [-0.2, 0) is 6.54 Å². The highest BCUT2D eigenvalue weighted by Crippen LogP contribution is 2.40. The summed E-state index contributed by atoms with van der Waals surface area (Å²) in [5, 5.41) is 5.74. The maximum atomic E-state index is 12.9. The lowest BCUT2D eigenvalue weighted by Crippen LogP contribution is -2.48. The Morgan fingerprint density at radius 2 is 1.81 bits per heavy atom. The van der Waals surface area contributed by atoms with Crippen LogP contribution in [0.3, 0.4) is 0 Å². The molecule has 5 heteroatoms. The number of rotatable bonds is 4. The van der Waals surface area contributed by atoms with E-state index >= 15 is 0 Å². The monoisotopic (exact) mass is 377 g/mol. The highest BCUT2D eigenvalue weighted by atomic mass is 32.1. The lowest BCUT2D eigenvalue weighted by atomic mass is 10.1. The number of hydrogen-bond donors (Lipinski definition) is 0. The molecule has 2 aliphatic rings. The van der Waals surface area contributed by atoms with Crippen molar-refractivity contribution in [1.29, 1.82) is 0 Å². The highest BCUT2D eigenvalue weighted by Gasteiger charge is 2.27. The van der Waals surface area contributed by atoms with Gasteiger partial charge in [0.25, 0.3) is 5.91 Å². The Kier molecular flexibility index (Phi) is 4.42. The first kappa shape index (κ1) is 16.9. The summed E-state index contributed by atoms with van der Waals surface area (Å²) in [6.07, 6.45) is 2.61. The lowest BCUT2D eigenvalue weighted by molar-refractivity contribution is 0.0628. The molecule has 138 valence electrons. The zero-order valence-corrected chi connectivity index (χ0v) is 16.1. The Balaban J connectivity index is 1.20. The molecule has 2 aromatic carbocycles. The van der Waals surface area contributed by atoms with Gasteiger partial charge in [-0.05, 0) is 35.7 Å². The van der Waals surface area contributed by atoms with Crippen LogP contribution in [0.1, 0.15) is 39.8 Å². The van der Waals surface area contributed by atoms with Crippen molar-refractivity contribution < 1.29 is 4.79 Å². The molecule has 0 bridgehead atoms. The van der Waals surface area contributed by atoms with Gasteiger partial charge in [-0.3, -0.25) is 9.69 Å². The summed E-state index contributed by atoms with van der Waals surface area (Å²) in [5.41, 5.74) is 2.08. The topological polar surface area (TPSA) is 36.4 Å². The SMILES string of the molecule is O=C(c1ccc2ccccc2c1)N1CCN(Cc2nc(C3CC3)cs2)CC1. The molecule has 2 fully saturated rings. The standard InChI is InChI=1S/C22H23N3OS/c26-22(19-8-5-16-3-1-2-4-18(16)13-19)25-11-9-24(10-12-25)14-21-23-20(15-27-21)17-6-7-17/h1-5,8,13,15,17H,6-7,9-12,14H2. The first-order valence-corrected chi connectivity index (χ1v) is 10.6. The Bertz CT molecular complexity index is 970. The van der Waals surface area contributed by atoms with E-state index < -0.39 is 0 Å². The molecule has 27 heavy (non-hydrogen) atoms. The maximum absolute atomic E-state index is 12.9. The van der Waals surface area contributed by atoms with Gasteiger partial charge in [-0.2, -0.15) is 0 Å². The summed E-state index contributed by atoms with van der Waals surface area (Å²) in [6.45, 7) is 4.31. The predicted molar refractivity (Wildman–Crippen MR) is 109 cm³/mol. The fourth-order valence-corrected chi connectivity index (χ4v) is 4.69. The minimum Gasteiger partial charge on any atom is -0.336 e. The number of hydrogen-bond acceptors (Lipinski definition) is 4. The molecule has 0 N–H and O–H groups in total. The zero-order chi connectivity index (χ0) is 18.2. The van der Waals surface area contributed by atoms with E-state index in [1.165, 1.54) is 28.9 Å². The van der Waals surface area contributed by atoms with Gasteiger partial charge in [0.1, 0.15) is 5.01 Å². The fraction of sp³-hybridized carbons (Fsp3) is 0.364. The molecule has 0 atom stereocenters. The van der Waals surface area contributed by atoms with Crippen LogP contribution >= 0.6 is 11.3 Å². The minimum atomic E-state index is 0.144. The molecule has 1 amide bonds. The van der Waals surface area contributed by atoms with E-state index in [4.69, 9.17) is 4.98 Å². The predicted octanol–water partition coefficient (Wildman–Crippen LogP) is 4.13. The van der Waals surface area contributed by atoms with Crippen LogP contribution in [0.5, 0.6) is 0 Å². The van der Waals surface area contributed by atoms with Gasteiger partial charge in [0.2, 0.25) is 0 Å². The summed E-state index contributed by atoms with van der Waals surface area (Å²) in [4.78, 5) is 22.1. The van der Waals surface area contributed by atoms with Crippen LogP contribution in [0.2, 0.25) is 0 Å². The van der Waals surface area contributed by atoms with E-state index in [1.807, 2.05) is 35.2 Å². The molecule has 4 nitrogen and oxygen atoms in total. The smallest absolute Gasteiger partial charge is 0.253 e. The minimum absolute atomic E-state index is 0.144. The van der Waals surface area contributed by atoms with Gasteiger partial charge < -0.3 is 4.90 Å². The third kappa shape index (κ3) is 3.62. The number of fused-ring (bicyclic) bond motifs is 1. The van der Waals surface area contributed by atoms with Crippen LogP contribution in [0.4, 0.5) is 0 Å². The first-order valence-electron chi connectivity index (χ1n) is 9.71. The van der Waals surface area contributed by atoms with Crippen molar-refractivity contribution in [3.63, 3.8) is 0 Å². The van der Waals surface area contributed by atoms with E-state index in [9.17, 15) is 4.79 Å². The highest BCUT2D eigenvalue weighted by molar-refractivity contribution is 7.09. The van der Waals surface area contributed by atoms with Crippen molar-refractivity contribution in [2.24, 2.45) is 0 Å². The number of carbonyl (C=O) groups excluding carboxylic acids is 1. The van der Waals surface area contributed by atoms with Crippen molar-refractivity contribution in [2.75, 3.05) is 26.2 Å². The second-order valence-corrected chi connectivity index (χ2v) is 8.51. The molecule has 1 aliphatic heterocycles. The van der Waals surface area contributed by atoms with Crippen molar-refractivity contribution in [1.82, 2.24) is 14.8 Å². The van der Waals surface area contributed by atoms with Crippen molar-refractivity contribution in [3.8, 4) is 0 Å². The largest absolute Gasteiger partial charge is 0.336 e. The van der Waals surface area contributed by atoms with E-state index in [-0.39, 0.29) is 5.91 Å². The second kappa shape index (κ2) is 7.06. The van der Waals surface area contributed by atoms with Crippen LogP contribution < -0.4 is 0 Å². The molecule has 0 spiro atoms. The molecule has 3 aromatic rings. The van der Waals surface area contributed by atoms with Crippen molar-refractivity contribution >= 4 is 28.0 Å². The molecule has 1 aliphatic carbocycles. The Labute approximate surface area is 163 Å². The molecule has 0 unspecified atom stereocenters. The summed E-state index contributed by atoms with van der Waals surface area (Å²) in [6, 6.07) is 14.2. The van der Waals surface area contributed by atoms with Gasteiger partial charge in [0, 0.05) is 43.0 Å². The van der Waals surface area contributed by atoms with Gasteiger partial charge in [-0.25, -0.2) is 4.98 Å². The molecule has 1 aromatic heterocycles. The first-order chi connectivity index (χ1) is 13.3. The molecular formula is C22H23N3OS. The fourth-order valence-electron chi connectivity index (χ4n) is 3.77. The van der Waals surface area contributed by atoms with Crippen molar-refractivity contribution in [2.45, 2.75) is 25.3 Å². The number of nitrogens with zero attached hydrogens (tertiary/aromatic N) is 3. The van der Waals surface area contributed by atoms with Crippen molar-refractivity contribution in [3.05, 3.63) is 64.1 Å². The zero-order valence-electron chi connectivity index (χ0n) is 15.3. The second-order valence-electron chi connectivity index (χ2n) is 7.57. The average molecular weight is 378 g/mol. The number of thiazole rings is 1. The van der Waals surface area contributed by atoms with E-state index in [0.29, 0.717) is 0 Å². The van der Waals surface area contributed by atoms with E-state index in [1.54, 1.807) is 11.3 Å². The third-order valence-electron chi connectivity index (χ3n) is 5.58. The molecule has 1 saturated carbocycles. The average Bonchev–Trinajstić information content (AvgIpc) is 3.47. The number of benzene rings is 2. The van der Waals surface area contributed by atoms with Crippen LogP contribution in [0.25, 0.3) is 10.8 Å². The lowest BCUT2D eigenvalue weighted by Gasteiger charge is -2.34. The molecule has 0 radical (unpaired) electrons.